The lowest BCUT2D eigenvalue weighted by molar-refractivity contribution is 0.0600. The minimum Gasteiger partial charge on any atom is -0.465 e. The molecule has 7 heteroatoms. The van der Waals surface area contributed by atoms with Gasteiger partial charge >= 0.3 is 5.97 Å². The number of halogens is 2. The van der Waals surface area contributed by atoms with E-state index in [1.165, 1.54) is 31.6 Å². The van der Waals surface area contributed by atoms with E-state index in [0.717, 1.165) is 0 Å². The Bertz CT molecular complexity index is 666. The number of carbonyl (C=O) groups excluding carboxylic acids is 2. The van der Waals surface area contributed by atoms with Crippen molar-refractivity contribution in [2.75, 3.05) is 12.4 Å². The lowest BCUT2D eigenvalue weighted by Crippen LogP contribution is -2.12. The Kier molecular flexibility index (Phi) is 4.32. The second-order valence-corrected chi connectivity index (χ2v) is 4.50. The smallest absolute Gasteiger partial charge is 0.339 e. The Balaban J connectivity index is 2.24. The van der Waals surface area contributed by atoms with Gasteiger partial charge in [-0.3, -0.25) is 4.79 Å². The minimum atomic E-state index is -0.590. The molecule has 104 valence electrons. The number of carbonyl (C=O) groups is 2. The summed E-state index contributed by atoms with van der Waals surface area (Å²) in [5.41, 5.74) is 0.739. The molecule has 0 saturated carbocycles. The van der Waals surface area contributed by atoms with Crippen molar-refractivity contribution >= 4 is 40.8 Å². The van der Waals surface area contributed by atoms with Crippen LogP contribution < -0.4 is 5.32 Å². The van der Waals surface area contributed by atoms with Crippen LogP contribution in [-0.4, -0.2) is 19.0 Å². The van der Waals surface area contributed by atoms with E-state index in [1.54, 1.807) is 6.07 Å². The van der Waals surface area contributed by atoms with Gasteiger partial charge in [-0.05, 0) is 35.9 Å². The summed E-state index contributed by atoms with van der Waals surface area (Å²) in [6.45, 7) is 0. The second kappa shape index (κ2) is 5.98. The molecule has 20 heavy (non-hydrogen) atoms. The van der Waals surface area contributed by atoms with Crippen molar-refractivity contribution in [3.05, 3.63) is 51.9 Å². The first kappa shape index (κ1) is 14.4. The zero-order valence-corrected chi connectivity index (χ0v) is 11.8. The van der Waals surface area contributed by atoms with Crippen LogP contribution in [0.4, 0.5) is 5.69 Å². The maximum atomic E-state index is 11.9. The summed E-state index contributed by atoms with van der Waals surface area (Å²) in [5.74, 6) is -1.05. The van der Waals surface area contributed by atoms with Gasteiger partial charge in [0, 0.05) is 5.69 Å². The Morgan fingerprint density at radius 2 is 1.95 bits per heavy atom. The summed E-state index contributed by atoms with van der Waals surface area (Å²) in [6.07, 6.45) is 1.30. The van der Waals surface area contributed by atoms with Crippen LogP contribution in [0.2, 0.25) is 10.2 Å². The molecule has 0 aliphatic carbocycles. The number of hydrogen-bond donors (Lipinski definition) is 1. The fourth-order valence-electron chi connectivity index (χ4n) is 1.52. The maximum Gasteiger partial charge on any atom is 0.339 e. The van der Waals surface area contributed by atoms with Crippen molar-refractivity contribution in [3.8, 4) is 0 Å². The van der Waals surface area contributed by atoms with E-state index < -0.39 is 11.9 Å². The van der Waals surface area contributed by atoms with Crippen molar-refractivity contribution < 1.29 is 18.7 Å². The predicted octanol–water partition coefficient (Wildman–Crippen LogP) is 3.63. The first-order valence-corrected chi connectivity index (χ1v) is 6.20. The second-order valence-electron chi connectivity index (χ2n) is 3.75. The Morgan fingerprint density at radius 1 is 1.20 bits per heavy atom. The van der Waals surface area contributed by atoms with E-state index >= 15 is 0 Å². The third kappa shape index (κ3) is 2.95. The number of methoxy groups -OCH3 is 1. The molecule has 0 atom stereocenters. The molecule has 5 nitrogen and oxygen atoms in total. The van der Waals surface area contributed by atoms with Crippen LogP contribution in [-0.2, 0) is 4.74 Å². The number of benzene rings is 1. The molecular formula is C13H9Cl2NO4. The van der Waals surface area contributed by atoms with Gasteiger partial charge in [0.1, 0.15) is 0 Å². The molecule has 1 N–H and O–H groups in total. The van der Waals surface area contributed by atoms with Gasteiger partial charge < -0.3 is 14.5 Å². The molecule has 0 aliphatic heterocycles. The van der Waals surface area contributed by atoms with Crippen LogP contribution in [0.5, 0.6) is 0 Å². The van der Waals surface area contributed by atoms with E-state index in [-0.39, 0.29) is 21.4 Å². The van der Waals surface area contributed by atoms with Crippen LogP contribution in [0.25, 0.3) is 0 Å². The SMILES string of the molecule is COC(=O)c1cc(NC(=O)c2ccoc2Cl)ccc1Cl. The average Bonchev–Trinajstić information content (AvgIpc) is 2.86. The van der Waals surface area contributed by atoms with Crippen molar-refractivity contribution in [2.45, 2.75) is 0 Å². The Morgan fingerprint density at radius 3 is 2.55 bits per heavy atom. The predicted molar refractivity (Wildman–Crippen MR) is 74.5 cm³/mol. The third-order valence-electron chi connectivity index (χ3n) is 2.49. The largest absolute Gasteiger partial charge is 0.465 e. The molecule has 1 aromatic heterocycles. The molecule has 0 unspecified atom stereocenters. The van der Waals surface area contributed by atoms with Crippen LogP contribution in [0.3, 0.4) is 0 Å². The Hall–Kier alpha value is -1.98. The third-order valence-corrected chi connectivity index (χ3v) is 3.11. The fourth-order valence-corrected chi connectivity index (χ4v) is 1.92. The van der Waals surface area contributed by atoms with Crippen LogP contribution in [0.15, 0.2) is 34.9 Å². The van der Waals surface area contributed by atoms with Crippen molar-refractivity contribution in [1.82, 2.24) is 0 Å². The zero-order chi connectivity index (χ0) is 14.7. The van der Waals surface area contributed by atoms with Gasteiger partial charge in [-0.25, -0.2) is 4.79 Å². The summed E-state index contributed by atoms with van der Waals surface area (Å²) in [7, 11) is 1.25. The van der Waals surface area contributed by atoms with Crippen LogP contribution >= 0.6 is 23.2 Å². The molecule has 1 aromatic carbocycles. The maximum absolute atomic E-state index is 11.9. The van der Waals surface area contributed by atoms with Gasteiger partial charge in [0.2, 0.25) is 5.22 Å². The van der Waals surface area contributed by atoms with Gasteiger partial charge in [0.25, 0.3) is 5.91 Å². The van der Waals surface area contributed by atoms with E-state index in [4.69, 9.17) is 27.6 Å². The summed E-state index contributed by atoms with van der Waals surface area (Å²) in [4.78, 5) is 23.4. The summed E-state index contributed by atoms with van der Waals surface area (Å²) < 4.78 is 9.43. The zero-order valence-electron chi connectivity index (χ0n) is 10.3. The summed E-state index contributed by atoms with van der Waals surface area (Å²) in [5, 5.41) is 2.80. The molecule has 0 spiro atoms. The monoisotopic (exact) mass is 313 g/mol. The van der Waals surface area contributed by atoms with Crippen molar-refractivity contribution in [2.24, 2.45) is 0 Å². The van der Waals surface area contributed by atoms with E-state index in [9.17, 15) is 9.59 Å². The highest BCUT2D eigenvalue weighted by molar-refractivity contribution is 6.34. The van der Waals surface area contributed by atoms with Crippen LogP contribution in [0.1, 0.15) is 20.7 Å². The lowest BCUT2D eigenvalue weighted by atomic mass is 10.2. The minimum absolute atomic E-state index is 0.00958. The fraction of sp³-hybridized carbons (Fsp3) is 0.0769. The average molecular weight is 314 g/mol. The molecular weight excluding hydrogens is 305 g/mol. The molecule has 1 amide bonds. The summed E-state index contributed by atoms with van der Waals surface area (Å²) >= 11 is 11.6. The molecule has 0 fully saturated rings. The van der Waals surface area contributed by atoms with Crippen LogP contribution in [0, 0.1) is 0 Å². The summed E-state index contributed by atoms with van der Waals surface area (Å²) in [6, 6.07) is 5.90. The van der Waals surface area contributed by atoms with Gasteiger partial charge in [-0.1, -0.05) is 11.6 Å². The number of rotatable bonds is 3. The highest BCUT2D eigenvalue weighted by atomic mass is 35.5. The van der Waals surface area contributed by atoms with Gasteiger partial charge in [-0.2, -0.15) is 0 Å². The highest BCUT2D eigenvalue weighted by Crippen LogP contribution is 2.23. The molecule has 2 aromatic rings. The number of amides is 1. The molecule has 2 rings (SSSR count). The standard InChI is InChI=1S/C13H9Cl2NO4/c1-19-13(18)9-6-7(2-3-10(9)14)16-12(17)8-4-5-20-11(8)15/h2-6H,1H3,(H,16,17). The number of esters is 1. The highest BCUT2D eigenvalue weighted by Gasteiger charge is 2.15. The molecule has 0 radical (unpaired) electrons. The number of hydrogen-bond acceptors (Lipinski definition) is 4. The first-order chi connectivity index (χ1) is 9.52. The number of ether oxygens (including phenoxy) is 1. The Labute approximate surface area is 124 Å². The van der Waals surface area contributed by atoms with Crippen molar-refractivity contribution in [1.29, 1.82) is 0 Å². The molecule has 0 aliphatic rings. The normalized spacial score (nSPS) is 10.2. The topological polar surface area (TPSA) is 68.5 Å². The molecule has 0 bridgehead atoms. The molecule has 0 saturated heterocycles. The number of furan rings is 1. The van der Waals surface area contributed by atoms with E-state index in [0.29, 0.717) is 5.69 Å². The quantitative estimate of drug-likeness (QED) is 0.879. The molecule has 1 heterocycles. The van der Waals surface area contributed by atoms with Gasteiger partial charge in [-0.15, -0.1) is 0 Å². The van der Waals surface area contributed by atoms with E-state index in [2.05, 4.69) is 10.1 Å². The first-order valence-electron chi connectivity index (χ1n) is 5.45. The van der Waals surface area contributed by atoms with Gasteiger partial charge in [0.15, 0.2) is 0 Å². The van der Waals surface area contributed by atoms with Crippen molar-refractivity contribution in [3.63, 3.8) is 0 Å². The van der Waals surface area contributed by atoms with Gasteiger partial charge in [0.05, 0.1) is 29.5 Å². The van der Waals surface area contributed by atoms with E-state index in [1.807, 2.05) is 0 Å². The number of anilines is 1. The number of nitrogens with one attached hydrogen (secondary N) is 1. The lowest BCUT2D eigenvalue weighted by Gasteiger charge is -2.07.